The minimum absolute atomic E-state index is 0.0354. The molecule has 21 heavy (non-hydrogen) atoms. The van der Waals surface area contributed by atoms with Crippen molar-refractivity contribution in [3.63, 3.8) is 0 Å². The van der Waals surface area contributed by atoms with Gasteiger partial charge in [0.2, 0.25) is 5.89 Å². The van der Waals surface area contributed by atoms with Crippen molar-refractivity contribution in [3.05, 3.63) is 35.2 Å². The number of hydrogen-bond donors (Lipinski definition) is 0. The number of rotatable bonds is 4. The first kappa shape index (κ1) is 15.5. The van der Waals surface area contributed by atoms with Gasteiger partial charge in [0, 0.05) is 0 Å². The molecule has 1 aromatic heterocycles. The van der Waals surface area contributed by atoms with Gasteiger partial charge >= 0.3 is 5.97 Å². The van der Waals surface area contributed by atoms with E-state index >= 15 is 0 Å². The fraction of sp³-hybridized carbons (Fsp3) is 0.400. The number of ether oxygens (including phenoxy) is 1. The molecule has 0 atom stereocenters. The van der Waals surface area contributed by atoms with Crippen LogP contribution in [0.2, 0.25) is 5.02 Å². The Hall–Kier alpha value is -1.88. The van der Waals surface area contributed by atoms with Crippen LogP contribution in [0.5, 0.6) is 0 Å². The van der Waals surface area contributed by atoms with Crippen LogP contribution in [-0.2, 0) is 16.1 Å². The molecule has 1 heterocycles. The highest BCUT2D eigenvalue weighted by molar-refractivity contribution is 6.33. The molecule has 0 saturated carbocycles. The Bertz CT molecular complexity index is 632. The lowest BCUT2D eigenvalue weighted by atomic mass is 9.93. The molecule has 0 aliphatic rings. The van der Waals surface area contributed by atoms with Gasteiger partial charge in [0.1, 0.15) is 0 Å². The molecule has 112 valence electrons. The fourth-order valence-electron chi connectivity index (χ4n) is 1.68. The van der Waals surface area contributed by atoms with Gasteiger partial charge in [0.15, 0.2) is 6.61 Å². The molecule has 0 radical (unpaired) electrons. The summed E-state index contributed by atoms with van der Waals surface area (Å²) < 4.78 is 10.6. The van der Waals surface area contributed by atoms with E-state index in [4.69, 9.17) is 20.8 Å². The second kappa shape index (κ2) is 6.26. The summed E-state index contributed by atoms with van der Waals surface area (Å²) in [5, 5.41) is 8.28. The molecule has 0 aliphatic heterocycles. The van der Waals surface area contributed by atoms with Crippen LogP contribution in [-0.4, -0.2) is 16.2 Å². The summed E-state index contributed by atoms with van der Waals surface area (Å²) in [4.78, 5) is 11.6. The number of halogens is 1. The lowest BCUT2D eigenvalue weighted by Gasteiger charge is -2.15. The number of nitrogens with zero attached hydrogens (tertiary/aromatic N) is 2. The van der Waals surface area contributed by atoms with E-state index in [1.807, 2.05) is 32.9 Å². The molecule has 0 spiro atoms. The molecule has 0 bridgehead atoms. The van der Waals surface area contributed by atoms with E-state index in [0.717, 1.165) is 0 Å². The summed E-state index contributed by atoms with van der Waals surface area (Å²) >= 11 is 6.06. The minimum Gasteiger partial charge on any atom is -0.456 e. The van der Waals surface area contributed by atoms with Crippen molar-refractivity contribution in [3.8, 4) is 11.5 Å². The van der Waals surface area contributed by atoms with E-state index in [-0.39, 0.29) is 23.9 Å². The summed E-state index contributed by atoms with van der Waals surface area (Å²) in [5.41, 5.74) is 0.535. The van der Waals surface area contributed by atoms with Crippen LogP contribution in [0.3, 0.4) is 0 Å². The zero-order chi connectivity index (χ0) is 15.5. The normalized spacial score (nSPS) is 11.4. The molecule has 1 aromatic carbocycles. The maximum Gasteiger partial charge on any atom is 0.306 e. The van der Waals surface area contributed by atoms with Crippen LogP contribution in [0.25, 0.3) is 11.5 Å². The molecule has 5 nitrogen and oxygen atoms in total. The number of esters is 1. The van der Waals surface area contributed by atoms with E-state index in [9.17, 15) is 4.79 Å². The highest BCUT2D eigenvalue weighted by atomic mass is 35.5. The molecule has 0 fully saturated rings. The SMILES string of the molecule is CC(C)(C)CC(=O)OCc1nnc(-c2ccccc2Cl)o1. The Morgan fingerprint density at radius 1 is 1.29 bits per heavy atom. The fourth-order valence-corrected chi connectivity index (χ4v) is 1.90. The summed E-state index contributed by atoms with van der Waals surface area (Å²) in [5.74, 6) is 0.259. The van der Waals surface area contributed by atoms with Gasteiger partial charge in [-0.1, -0.05) is 44.5 Å². The standard InChI is InChI=1S/C15H17ClN2O3/c1-15(2,3)8-13(19)20-9-12-17-18-14(21-12)10-6-4-5-7-11(10)16/h4-7H,8-9H2,1-3H3. The number of carbonyl (C=O) groups is 1. The van der Waals surface area contributed by atoms with Crippen LogP contribution < -0.4 is 0 Å². The largest absolute Gasteiger partial charge is 0.456 e. The lowest BCUT2D eigenvalue weighted by Crippen LogP contribution is -2.15. The molecule has 2 aromatic rings. The summed E-state index contributed by atoms with van der Waals surface area (Å²) in [6.07, 6.45) is 0.332. The van der Waals surface area contributed by atoms with E-state index in [1.54, 1.807) is 12.1 Å². The van der Waals surface area contributed by atoms with Crippen molar-refractivity contribution in [2.45, 2.75) is 33.8 Å². The molecule has 0 unspecified atom stereocenters. The van der Waals surface area contributed by atoms with Crippen LogP contribution in [0.1, 0.15) is 33.1 Å². The first-order valence-electron chi connectivity index (χ1n) is 6.58. The average molecular weight is 309 g/mol. The second-order valence-corrected chi connectivity index (χ2v) is 6.29. The quantitative estimate of drug-likeness (QED) is 0.802. The third-order valence-electron chi connectivity index (χ3n) is 2.60. The van der Waals surface area contributed by atoms with Crippen molar-refractivity contribution in [1.29, 1.82) is 0 Å². The zero-order valence-electron chi connectivity index (χ0n) is 12.2. The van der Waals surface area contributed by atoms with Crippen LogP contribution >= 0.6 is 11.6 Å². The average Bonchev–Trinajstić information content (AvgIpc) is 2.83. The highest BCUT2D eigenvalue weighted by Crippen LogP contribution is 2.26. The molecule has 0 N–H and O–H groups in total. The van der Waals surface area contributed by atoms with Crippen LogP contribution in [0, 0.1) is 5.41 Å². The molecule has 0 saturated heterocycles. The maximum atomic E-state index is 11.6. The number of aromatic nitrogens is 2. The Balaban J connectivity index is 1.98. The molecule has 6 heteroatoms. The van der Waals surface area contributed by atoms with Gasteiger partial charge < -0.3 is 9.15 Å². The van der Waals surface area contributed by atoms with E-state index < -0.39 is 0 Å². The zero-order valence-corrected chi connectivity index (χ0v) is 13.0. The van der Waals surface area contributed by atoms with Gasteiger partial charge in [-0.3, -0.25) is 4.79 Å². The second-order valence-electron chi connectivity index (χ2n) is 5.88. The highest BCUT2D eigenvalue weighted by Gasteiger charge is 2.18. The van der Waals surface area contributed by atoms with Gasteiger partial charge in [0.25, 0.3) is 5.89 Å². The lowest BCUT2D eigenvalue weighted by molar-refractivity contribution is -0.147. The van der Waals surface area contributed by atoms with Crippen LogP contribution in [0.4, 0.5) is 0 Å². The van der Waals surface area contributed by atoms with Gasteiger partial charge in [0.05, 0.1) is 17.0 Å². The van der Waals surface area contributed by atoms with Crippen molar-refractivity contribution in [2.24, 2.45) is 5.41 Å². The molecule has 0 amide bonds. The number of benzene rings is 1. The van der Waals surface area contributed by atoms with E-state index in [1.165, 1.54) is 0 Å². The van der Waals surface area contributed by atoms with Gasteiger partial charge in [-0.15, -0.1) is 10.2 Å². The number of carbonyl (C=O) groups excluding carboxylic acids is 1. The van der Waals surface area contributed by atoms with Gasteiger partial charge in [-0.25, -0.2) is 0 Å². The Labute approximate surface area is 128 Å². The monoisotopic (exact) mass is 308 g/mol. The Morgan fingerprint density at radius 2 is 2.00 bits per heavy atom. The predicted molar refractivity (Wildman–Crippen MR) is 78.6 cm³/mol. The summed E-state index contributed by atoms with van der Waals surface area (Å²) in [7, 11) is 0. The minimum atomic E-state index is -0.292. The third kappa shape index (κ3) is 4.56. The Kier molecular flexibility index (Phi) is 4.63. The first-order chi connectivity index (χ1) is 9.85. The van der Waals surface area contributed by atoms with Crippen molar-refractivity contribution in [1.82, 2.24) is 10.2 Å². The van der Waals surface area contributed by atoms with Crippen molar-refractivity contribution >= 4 is 17.6 Å². The van der Waals surface area contributed by atoms with E-state index in [2.05, 4.69) is 10.2 Å². The summed E-state index contributed by atoms with van der Waals surface area (Å²) in [6.45, 7) is 5.87. The maximum absolute atomic E-state index is 11.6. The first-order valence-corrected chi connectivity index (χ1v) is 6.96. The van der Waals surface area contributed by atoms with Crippen molar-refractivity contribution in [2.75, 3.05) is 0 Å². The molecule has 0 aliphatic carbocycles. The third-order valence-corrected chi connectivity index (χ3v) is 2.93. The van der Waals surface area contributed by atoms with Crippen molar-refractivity contribution < 1.29 is 13.9 Å². The van der Waals surface area contributed by atoms with Gasteiger partial charge in [-0.2, -0.15) is 0 Å². The predicted octanol–water partition coefficient (Wildman–Crippen LogP) is 3.87. The summed E-state index contributed by atoms with van der Waals surface area (Å²) in [6, 6.07) is 7.17. The molecule has 2 rings (SSSR count). The van der Waals surface area contributed by atoms with Crippen LogP contribution in [0.15, 0.2) is 28.7 Å². The number of hydrogen-bond acceptors (Lipinski definition) is 5. The topological polar surface area (TPSA) is 65.2 Å². The smallest absolute Gasteiger partial charge is 0.306 e. The molecular weight excluding hydrogens is 292 g/mol. The van der Waals surface area contributed by atoms with E-state index in [0.29, 0.717) is 22.9 Å². The van der Waals surface area contributed by atoms with Gasteiger partial charge in [-0.05, 0) is 17.5 Å². The Morgan fingerprint density at radius 3 is 2.67 bits per heavy atom. The molecular formula is C15H17ClN2O3.